The van der Waals surface area contributed by atoms with Crippen LogP contribution in [-0.4, -0.2) is 30.0 Å². The fourth-order valence-electron chi connectivity index (χ4n) is 1.91. The summed E-state index contributed by atoms with van der Waals surface area (Å²) in [6.45, 7) is 5.72. The summed E-state index contributed by atoms with van der Waals surface area (Å²) in [6, 6.07) is 0.592. The lowest BCUT2D eigenvalue weighted by Gasteiger charge is -2.19. The number of aromatic nitrogens is 1. The highest BCUT2D eigenvalue weighted by Crippen LogP contribution is 2.11. The summed E-state index contributed by atoms with van der Waals surface area (Å²) >= 11 is 0. The van der Waals surface area contributed by atoms with Crippen molar-refractivity contribution in [2.45, 2.75) is 39.7 Å². The Morgan fingerprint density at radius 3 is 2.62 bits per heavy atom. The number of rotatable bonds is 6. The van der Waals surface area contributed by atoms with E-state index >= 15 is 0 Å². The van der Waals surface area contributed by atoms with Crippen molar-refractivity contribution in [2.24, 2.45) is 5.92 Å². The summed E-state index contributed by atoms with van der Waals surface area (Å²) in [6.07, 6.45) is 2.71. The molecule has 0 aromatic carbocycles. The Kier molecular flexibility index (Phi) is 6.14. The zero-order chi connectivity index (χ0) is 16.0. The second-order valence-electron chi connectivity index (χ2n) is 5.19. The van der Waals surface area contributed by atoms with Gasteiger partial charge in [-0.1, -0.05) is 20.3 Å². The summed E-state index contributed by atoms with van der Waals surface area (Å²) in [5, 5.41) is 2.58. The maximum absolute atomic E-state index is 12.1. The zero-order valence-corrected chi connectivity index (χ0v) is 12.9. The van der Waals surface area contributed by atoms with E-state index in [2.05, 4.69) is 10.3 Å². The number of aryl methyl sites for hydroxylation is 1. The molecule has 116 valence electrons. The molecule has 0 spiro atoms. The van der Waals surface area contributed by atoms with Gasteiger partial charge in [0.15, 0.2) is 5.43 Å². The molecular weight excluding hydrogens is 272 g/mol. The minimum atomic E-state index is -0.752. The van der Waals surface area contributed by atoms with Gasteiger partial charge in [-0.3, -0.25) is 9.59 Å². The number of esters is 1. The Bertz CT molecular complexity index is 565. The maximum atomic E-state index is 12.1. The van der Waals surface area contributed by atoms with Crippen LogP contribution in [0.15, 0.2) is 17.1 Å². The Hall–Kier alpha value is -2.11. The van der Waals surface area contributed by atoms with Gasteiger partial charge >= 0.3 is 5.97 Å². The highest BCUT2D eigenvalue weighted by atomic mass is 16.5. The van der Waals surface area contributed by atoms with E-state index in [1.54, 1.807) is 6.92 Å². The Balaban J connectivity index is 2.89. The molecule has 0 radical (unpaired) electrons. The molecule has 0 saturated carbocycles. The van der Waals surface area contributed by atoms with Crippen LogP contribution in [0.1, 0.15) is 42.7 Å². The number of amides is 1. The Labute approximate surface area is 123 Å². The van der Waals surface area contributed by atoms with Crippen LogP contribution in [0, 0.1) is 12.8 Å². The van der Waals surface area contributed by atoms with Crippen LogP contribution in [0.4, 0.5) is 0 Å². The standard InChI is InChI=1S/C15H22N2O4/c1-5-9(2)6-12(15(20)21-4)17-14(19)11-8-16-10(3)7-13(11)18/h7-9,12H,5-6H2,1-4H3,(H,16,18)(H,17,19). The van der Waals surface area contributed by atoms with Gasteiger partial charge in [0, 0.05) is 18.0 Å². The number of H-pyrrole nitrogens is 1. The molecule has 2 atom stereocenters. The van der Waals surface area contributed by atoms with Gasteiger partial charge in [0.25, 0.3) is 5.91 Å². The molecule has 0 fully saturated rings. The summed E-state index contributed by atoms with van der Waals surface area (Å²) in [5.74, 6) is -0.826. The number of hydrogen-bond donors (Lipinski definition) is 2. The molecule has 1 heterocycles. The second-order valence-corrected chi connectivity index (χ2v) is 5.19. The van der Waals surface area contributed by atoms with Crippen molar-refractivity contribution in [1.82, 2.24) is 10.3 Å². The number of ether oxygens (including phenoxy) is 1. The highest BCUT2D eigenvalue weighted by molar-refractivity contribution is 5.96. The van der Waals surface area contributed by atoms with Crippen molar-refractivity contribution < 1.29 is 14.3 Å². The van der Waals surface area contributed by atoms with Gasteiger partial charge in [-0.15, -0.1) is 0 Å². The smallest absolute Gasteiger partial charge is 0.328 e. The normalized spacial score (nSPS) is 13.3. The molecule has 1 aromatic rings. The molecule has 0 aliphatic heterocycles. The van der Waals surface area contributed by atoms with Crippen LogP contribution in [0.5, 0.6) is 0 Å². The molecular formula is C15H22N2O4. The van der Waals surface area contributed by atoms with Crippen molar-refractivity contribution in [2.75, 3.05) is 7.11 Å². The van der Waals surface area contributed by atoms with Crippen molar-refractivity contribution in [3.8, 4) is 0 Å². The molecule has 0 saturated heterocycles. The van der Waals surface area contributed by atoms with Crippen molar-refractivity contribution >= 4 is 11.9 Å². The van der Waals surface area contributed by atoms with E-state index < -0.39 is 17.9 Å². The van der Waals surface area contributed by atoms with Crippen LogP contribution in [0.2, 0.25) is 0 Å². The van der Waals surface area contributed by atoms with Crippen LogP contribution in [0.3, 0.4) is 0 Å². The van der Waals surface area contributed by atoms with Gasteiger partial charge in [0.1, 0.15) is 11.6 Å². The maximum Gasteiger partial charge on any atom is 0.328 e. The van der Waals surface area contributed by atoms with Crippen molar-refractivity contribution in [1.29, 1.82) is 0 Å². The average Bonchev–Trinajstić information content (AvgIpc) is 2.45. The van der Waals surface area contributed by atoms with Crippen LogP contribution < -0.4 is 10.7 Å². The highest BCUT2D eigenvalue weighted by Gasteiger charge is 2.24. The predicted molar refractivity (Wildman–Crippen MR) is 79.1 cm³/mol. The molecule has 1 aromatic heterocycles. The van der Waals surface area contributed by atoms with Gasteiger partial charge in [0.2, 0.25) is 0 Å². The van der Waals surface area contributed by atoms with Gasteiger partial charge < -0.3 is 15.0 Å². The first kappa shape index (κ1) is 16.9. The van der Waals surface area contributed by atoms with Crippen molar-refractivity contribution in [3.63, 3.8) is 0 Å². The predicted octanol–water partition coefficient (Wildman–Crippen LogP) is 1.39. The number of pyridine rings is 1. The monoisotopic (exact) mass is 294 g/mol. The van der Waals surface area contributed by atoms with Gasteiger partial charge in [0.05, 0.1) is 7.11 Å². The third kappa shape index (κ3) is 4.73. The third-order valence-electron chi connectivity index (χ3n) is 3.43. The molecule has 6 heteroatoms. The van der Waals surface area contributed by atoms with Gasteiger partial charge in [-0.05, 0) is 19.3 Å². The lowest BCUT2D eigenvalue weighted by molar-refractivity contribution is -0.143. The van der Waals surface area contributed by atoms with E-state index in [1.165, 1.54) is 19.4 Å². The fourth-order valence-corrected chi connectivity index (χ4v) is 1.91. The average molecular weight is 294 g/mol. The number of aromatic amines is 1. The summed E-state index contributed by atoms with van der Waals surface area (Å²) in [4.78, 5) is 38.5. The lowest BCUT2D eigenvalue weighted by atomic mass is 9.99. The summed E-state index contributed by atoms with van der Waals surface area (Å²) < 4.78 is 4.70. The van der Waals surface area contributed by atoms with E-state index in [4.69, 9.17) is 4.74 Å². The van der Waals surface area contributed by atoms with Gasteiger partial charge in [-0.25, -0.2) is 4.79 Å². The Morgan fingerprint density at radius 1 is 1.43 bits per heavy atom. The molecule has 1 rings (SSSR count). The SMILES string of the molecule is CCC(C)CC(NC(=O)c1c[nH]c(C)cc1=O)C(=O)OC. The first-order valence-electron chi connectivity index (χ1n) is 6.97. The molecule has 6 nitrogen and oxygen atoms in total. The molecule has 0 bridgehead atoms. The van der Waals surface area contributed by atoms with Crippen molar-refractivity contribution in [3.05, 3.63) is 33.7 Å². The zero-order valence-electron chi connectivity index (χ0n) is 12.9. The number of hydrogen-bond acceptors (Lipinski definition) is 4. The number of carbonyl (C=O) groups excluding carboxylic acids is 2. The summed E-state index contributed by atoms with van der Waals surface area (Å²) in [7, 11) is 1.27. The minimum Gasteiger partial charge on any atom is -0.467 e. The fraction of sp³-hybridized carbons (Fsp3) is 0.533. The molecule has 2 unspecified atom stereocenters. The first-order valence-corrected chi connectivity index (χ1v) is 6.97. The van der Waals surface area contributed by atoms with E-state index in [-0.39, 0.29) is 16.9 Å². The van der Waals surface area contributed by atoms with Gasteiger partial charge in [-0.2, -0.15) is 0 Å². The van der Waals surface area contributed by atoms with Crippen LogP contribution in [-0.2, 0) is 9.53 Å². The summed E-state index contributed by atoms with van der Waals surface area (Å²) in [5.41, 5.74) is 0.273. The van der Waals surface area contributed by atoms with E-state index in [9.17, 15) is 14.4 Å². The molecule has 1 amide bonds. The number of methoxy groups -OCH3 is 1. The molecule has 2 N–H and O–H groups in total. The lowest BCUT2D eigenvalue weighted by Crippen LogP contribution is -2.43. The Morgan fingerprint density at radius 2 is 2.10 bits per heavy atom. The third-order valence-corrected chi connectivity index (χ3v) is 3.43. The second kappa shape index (κ2) is 7.61. The minimum absolute atomic E-state index is 0.0151. The van der Waals surface area contributed by atoms with E-state index in [0.29, 0.717) is 12.1 Å². The number of carbonyl (C=O) groups is 2. The van der Waals surface area contributed by atoms with Crippen LogP contribution in [0.25, 0.3) is 0 Å². The quantitative estimate of drug-likeness (QED) is 0.776. The van der Waals surface area contributed by atoms with E-state index in [1.807, 2.05) is 13.8 Å². The van der Waals surface area contributed by atoms with E-state index in [0.717, 1.165) is 6.42 Å². The molecule has 0 aliphatic carbocycles. The molecule has 0 aliphatic rings. The largest absolute Gasteiger partial charge is 0.467 e. The number of nitrogens with one attached hydrogen (secondary N) is 2. The topological polar surface area (TPSA) is 88.3 Å². The first-order chi connectivity index (χ1) is 9.88. The molecule has 21 heavy (non-hydrogen) atoms. The van der Waals surface area contributed by atoms with Crippen LogP contribution >= 0.6 is 0 Å².